The summed E-state index contributed by atoms with van der Waals surface area (Å²) in [4.78, 5) is 0. The summed E-state index contributed by atoms with van der Waals surface area (Å²) in [5, 5.41) is 8.61. The Kier molecular flexibility index (Phi) is 4.08. The minimum absolute atomic E-state index is 0.893. The van der Waals surface area contributed by atoms with Crippen molar-refractivity contribution in [1.82, 2.24) is 9.78 Å². The van der Waals surface area contributed by atoms with Crippen LogP contribution in [0.4, 0.5) is 5.82 Å². The van der Waals surface area contributed by atoms with E-state index in [1.165, 1.54) is 41.0 Å². The summed E-state index contributed by atoms with van der Waals surface area (Å²) in [6, 6.07) is 19.2. The molecule has 0 bridgehead atoms. The van der Waals surface area contributed by atoms with Gasteiger partial charge in [-0.1, -0.05) is 42.5 Å². The van der Waals surface area contributed by atoms with Gasteiger partial charge in [-0.05, 0) is 49.4 Å². The maximum atomic E-state index is 4.99. The molecule has 0 saturated carbocycles. The lowest BCUT2D eigenvalue weighted by atomic mass is 10.0. The highest BCUT2D eigenvalue weighted by Crippen LogP contribution is 2.29. The van der Waals surface area contributed by atoms with Gasteiger partial charge in [0.2, 0.25) is 0 Å². The molecule has 2 aromatic carbocycles. The van der Waals surface area contributed by atoms with Gasteiger partial charge >= 0.3 is 0 Å². The number of anilines is 1. The molecule has 3 aromatic rings. The molecular weight excluding hydrogens is 294 g/mol. The van der Waals surface area contributed by atoms with Crippen LogP contribution < -0.4 is 5.32 Å². The van der Waals surface area contributed by atoms with Crippen molar-refractivity contribution in [3.63, 3.8) is 0 Å². The molecule has 1 aliphatic rings. The highest BCUT2D eigenvalue weighted by atomic mass is 15.3. The topological polar surface area (TPSA) is 29.9 Å². The van der Waals surface area contributed by atoms with Crippen LogP contribution in [0, 0.1) is 6.92 Å². The monoisotopic (exact) mass is 317 g/mol. The first kappa shape index (κ1) is 15.0. The molecule has 122 valence electrons. The third-order valence-electron chi connectivity index (χ3n) is 4.67. The third kappa shape index (κ3) is 2.94. The van der Waals surface area contributed by atoms with E-state index in [1.807, 2.05) is 0 Å². The molecule has 0 unspecified atom stereocenters. The maximum absolute atomic E-state index is 4.99. The Labute approximate surface area is 143 Å². The zero-order valence-corrected chi connectivity index (χ0v) is 14.1. The van der Waals surface area contributed by atoms with E-state index in [0.717, 1.165) is 25.1 Å². The van der Waals surface area contributed by atoms with E-state index in [9.17, 15) is 0 Å². The van der Waals surface area contributed by atoms with E-state index in [2.05, 4.69) is 71.5 Å². The van der Waals surface area contributed by atoms with Gasteiger partial charge in [0.1, 0.15) is 5.82 Å². The van der Waals surface area contributed by atoms with Crippen molar-refractivity contribution in [1.29, 1.82) is 0 Å². The van der Waals surface area contributed by atoms with Crippen LogP contribution in [0.5, 0.6) is 0 Å². The number of hydrogen-bond donors (Lipinski definition) is 1. The van der Waals surface area contributed by atoms with Gasteiger partial charge in [0, 0.05) is 18.5 Å². The Balaban J connectivity index is 1.80. The zero-order valence-electron chi connectivity index (χ0n) is 14.1. The standard InChI is InChI=1S/C21H23N3/c1-16-8-7-11-18(14-16)24-21-19(12-5-6-13-22-21)20(23-24)15-17-9-3-2-4-10-17/h2-4,7-11,14,22H,5-6,12-13,15H2,1H3. The van der Waals surface area contributed by atoms with E-state index < -0.39 is 0 Å². The lowest BCUT2D eigenvalue weighted by Crippen LogP contribution is -2.07. The molecule has 0 atom stereocenters. The van der Waals surface area contributed by atoms with Crippen LogP contribution in [-0.2, 0) is 12.8 Å². The molecule has 3 nitrogen and oxygen atoms in total. The summed E-state index contributed by atoms with van der Waals surface area (Å²) >= 11 is 0. The van der Waals surface area contributed by atoms with Crippen molar-refractivity contribution >= 4 is 5.82 Å². The van der Waals surface area contributed by atoms with Crippen molar-refractivity contribution in [2.45, 2.75) is 32.6 Å². The molecule has 0 fully saturated rings. The number of aryl methyl sites for hydroxylation is 1. The number of rotatable bonds is 3. The van der Waals surface area contributed by atoms with Crippen molar-refractivity contribution in [3.05, 3.63) is 77.0 Å². The highest BCUT2D eigenvalue weighted by molar-refractivity contribution is 5.55. The molecular formula is C21H23N3. The van der Waals surface area contributed by atoms with Gasteiger partial charge < -0.3 is 5.32 Å². The minimum Gasteiger partial charge on any atom is -0.370 e. The van der Waals surface area contributed by atoms with E-state index in [1.54, 1.807) is 0 Å². The maximum Gasteiger partial charge on any atom is 0.133 e. The average Bonchev–Trinajstić information content (AvgIpc) is 2.78. The number of benzene rings is 2. The molecule has 24 heavy (non-hydrogen) atoms. The van der Waals surface area contributed by atoms with E-state index in [0.29, 0.717) is 0 Å². The van der Waals surface area contributed by atoms with Crippen LogP contribution in [-0.4, -0.2) is 16.3 Å². The second-order valence-electron chi connectivity index (χ2n) is 6.57. The first-order valence-electron chi connectivity index (χ1n) is 8.77. The molecule has 0 spiro atoms. The highest BCUT2D eigenvalue weighted by Gasteiger charge is 2.20. The van der Waals surface area contributed by atoms with Crippen molar-refractivity contribution in [2.75, 3.05) is 11.9 Å². The van der Waals surface area contributed by atoms with Gasteiger partial charge in [0.05, 0.1) is 11.4 Å². The van der Waals surface area contributed by atoms with Gasteiger partial charge in [-0.3, -0.25) is 0 Å². The third-order valence-corrected chi connectivity index (χ3v) is 4.67. The number of nitrogens with one attached hydrogen (secondary N) is 1. The Morgan fingerprint density at radius 3 is 2.75 bits per heavy atom. The van der Waals surface area contributed by atoms with Gasteiger partial charge in [0.25, 0.3) is 0 Å². The van der Waals surface area contributed by atoms with Crippen LogP contribution in [0.25, 0.3) is 5.69 Å². The first-order chi connectivity index (χ1) is 11.8. The minimum atomic E-state index is 0.893. The number of nitrogens with zero attached hydrogens (tertiary/aromatic N) is 2. The fraction of sp³-hybridized carbons (Fsp3) is 0.286. The molecule has 0 radical (unpaired) electrons. The van der Waals surface area contributed by atoms with Crippen LogP contribution in [0.15, 0.2) is 54.6 Å². The molecule has 1 aliphatic heterocycles. The molecule has 0 aliphatic carbocycles. The van der Waals surface area contributed by atoms with Crippen LogP contribution in [0.1, 0.15) is 35.2 Å². The summed E-state index contributed by atoms with van der Waals surface area (Å²) < 4.78 is 2.10. The normalized spacial score (nSPS) is 13.9. The van der Waals surface area contributed by atoms with Crippen LogP contribution >= 0.6 is 0 Å². The predicted octanol–water partition coefficient (Wildman–Crippen LogP) is 4.52. The molecule has 0 saturated heterocycles. The Bertz CT molecular complexity index is 834. The quantitative estimate of drug-likeness (QED) is 0.769. The average molecular weight is 317 g/mol. The van der Waals surface area contributed by atoms with Gasteiger partial charge in [-0.25, -0.2) is 4.68 Å². The first-order valence-corrected chi connectivity index (χ1v) is 8.77. The molecule has 1 N–H and O–H groups in total. The lowest BCUT2D eigenvalue weighted by molar-refractivity contribution is 0.767. The summed E-state index contributed by atoms with van der Waals surface area (Å²) in [7, 11) is 0. The van der Waals surface area contributed by atoms with Crippen molar-refractivity contribution in [2.24, 2.45) is 0 Å². The van der Waals surface area contributed by atoms with Gasteiger partial charge in [-0.2, -0.15) is 5.10 Å². The Hall–Kier alpha value is -2.55. The molecule has 0 amide bonds. The largest absolute Gasteiger partial charge is 0.370 e. The van der Waals surface area contributed by atoms with Crippen LogP contribution in [0.2, 0.25) is 0 Å². The predicted molar refractivity (Wildman–Crippen MR) is 99.0 cm³/mol. The molecule has 4 rings (SSSR count). The number of aromatic nitrogens is 2. The van der Waals surface area contributed by atoms with Crippen LogP contribution in [0.3, 0.4) is 0 Å². The van der Waals surface area contributed by atoms with E-state index in [4.69, 9.17) is 5.10 Å². The van der Waals surface area contributed by atoms with Crippen molar-refractivity contribution < 1.29 is 0 Å². The smallest absolute Gasteiger partial charge is 0.133 e. The zero-order chi connectivity index (χ0) is 16.4. The number of hydrogen-bond acceptors (Lipinski definition) is 2. The fourth-order valence-corrected chi connectivity index (χ4v) is 3.45. The fourth-order valence-electron chi connectivity index (χ4n) is 3.45. The van der Waals surface area contributed by atoms with Gasteiger partial charge in [-0.15, -0.1) is 0 Å². The summed E-state index contributed by atoms with van der Waals surface area (Å²) in [5.74, 6) is 1.18. The molecule has 2 heterocycles. The SMILES string of the molecule is Cc1cccc(-n2nc(Cc3ccccc3)c3c2NCCCC3)c1. The number of fused-ring (bicyclic) bond motifs is 1. The molecule has 3 heteroatoms. The second kappa shape index (κ2) is 6.52. The summed E-state index contributed by atoms with van der Waals surface area (Å²) in [6.07, 6.45) is 4.44. The van der Waals surface area contributed by atoms with Crippen molar-refractivity contribution in [3.8, 4) is 5.69 Å². The van der Waals surface area contributed by atoms with E-state index >= 15 is 0 Å². The summed E-state index contributed by atoms with van der Waals surface area (Å²) in [6.45, 7) is 3.15. The molecule has 1 aromatic heterocycles. The Morgan fingerprint density at radius 1 is 1.04 bits per heavy atom. The van der Waals surface area contributed by atoms with E-state index in [-0.39, 0.29) is 0 Å². The summed E-state index contributed by atoms with van der Waals surface area (Å²) in [5.41, 5.74) is 6.30. The Morgan fingerprint density at radius 2 is 1.92 bits per heavy atom. The van der Waals surface area contributed by atoms with Gasteiger partial charge in [0.15, 0.2) is 0 Å². The lowest BCUT2D eigenvalue weighted by Gasteiger charge is -2.09. The second-order valence-corrected chi connectivity index (χ2v) is 6.57.